The van der Waals surface area contributed by atoms with E-state index in [0.29, 0.717) is 0 Å². The zero-order valence-corrected chi connectivity index (χ0v) is 16.6. The molecule has 0 rings (SSSR count). The van der Waals surface area contributed by atoms with Crippen LogP contribution in [0.15, 0.2) is 0 Å². The van der Waals surface area contributed by atoms with Gasteiger partial charge in [0.15, 0.2) is 0 Å². The molecule has 0 aromatic carbocycles. The molecule has 7 heteroatoms. The van der Waals surface area contributed by atoms with Gasteiger partial charge in [-0.25, -0.2) is 9.59 Å². The van der Waals surface area contributed by atoms with Crippen molar-refractivity contribution < 1.29 is 33.3 Å². The third kappa shape index (κ3) is 6.19. The van der Waals surface area contributed by atoms with E-state index in [1.165, 1.54) is 7.11 Å². The summed E-state index contributed by atoms with van der Waals surface area (Å²) in [7, 11) is 1.52. The van der Waals surface area contributed by atoms with Crippen molar-refractivity contribution in [3.63, 3.8) is 0 Å². The molecule has 0 aromatic rings. The molecule has 0 aliphatic heterocycles. The number of rotatable bonds is 6. The maximum atomic E-state index is 11.7. The van der Waals surface area contributed by atoms with E-state index in [9.17, 15) is 9.59 Å². The molecule has 0 aliphatic carbocycles. The summed E-state index contributed by atoms with van der Waals surface area (Å²) in [4.78, 5) is 23.4. The molecule has 0 atom stereocenters. The summed E-state index contributed by atoms with van der Waals surface area (Å²) in [5, 5.41) is 0. The van der Waals surface area contributed by atoms with Crippen molar-refractivity contribution in [1.82, 2.24) is 0 Å². The zero-order valence-electron chi connectivity index (χ0n) is 16.6. The fourth-order valence-electron chi connectivity index (χ4n) is 1.12. The fourth-order valence-corrected chi connectivity index (χ4v) is 1.12. The monoisotopic (exact) mass is 348 g/mol. The first-order chi connectivity index (χ1) is 10.6. The van der Waals surface area contributed by atoms with Crippen LogP contribution in [0.2, 0.25) is 0 Å². The van der Waals surface area contributed by atoms with Gasteiger partial charge in [0.2, 0.25) is 6.79 Å². The van der Waals surface area contributed by atoms with E-state index < -0.39 is 35.9 Å². The molecule has 0 saturated carbocycles. The Kier molecular flexibility index (Phi) is 7.12. The summed E-state index contributed by atoms with van der Waals surface area (Å²) in [6.45, 7) is 15.7. The van der Waals surface area contributed by atoms with Crippen LogP contribution >= 0.6 is 0 Å². The highest BCUT2D eigenvalue weighted by Gasteiger charge is 2.41. The van der Waals surface area contributed by atoms with Crippen molar-refractivity contribution in [1.29, 1.82) is 0 Å². The van der Waals surface area contributed by atoms with Gasteiger partial charge >= 0.3 is 12.3 Å². The highest BCUT2D eigenvalue weighted by atomic mass is 16.8. The number of hydrogen-bond donors (Lipinski definition) is 0. The lowest BCUT2D eigenvalue weighted by atomic mass is 9.79. The molecule has 0 fully saturated rings. The van der Waals surface area contributed by atoms with Crippen molar-refractivity contribution >= 4 is 12.3 Å². The predicted octanol–water partition coefficient (Wildman–Crippen LogP) is 4.28. The average molecular weight is 348 g/mol. The Morgan fingerprint density at radius 3 is 1.38 bits per heavy atom. The topological polar surface area (TPSA) is 80.3 Å². The summed E-state index contributed by atoms with van der Waals surface area (Å²) < 4.78 is 25.3. The Bertz CT molecular complexity index is 444. The molecule has 142 valence electrons. The van der Waals surface area contributed by atoms with Gasteiger partial charge in [0.25, 0.3) is 0 Å². The lowest BCUT2D eigenvalue weighted by Crippen LogP contribution is -2.50. The molecular weight excluding hydrogens is 316 g/mol. The molecule has 7 nitrogen and oxygen atoms in total. The molecule has 0 heterocycles. The molecule has 0 amide bonds. The maximum absolute atomic E-state index is 11.7. The molecule has 0 radical (unpaired) electrons. The molecule has 0 aliphatic rings. The summed E-state index contributed by atoms with van der Waals surface area (Å²) in [6, 6.07) is 0. The van der Waals surface area contributed by atoms with Gasteiger partial charge in [-0.2, -0.15) is 0 Å². The van der Waals surface area contributed by atoms with E-state index in [1.807, 2.05) is 20.8 Å². The summed E-state index contributed by atoms with van der Waals surface area (Å²) >= 11 is 0. The van der Waals surface area contributed by atoms with Crippen LogP contribution in [0.3, 0.4) is 0 Å². The average Bonchev–Trinajstić information content (AvgIpc) is 2.35. The molecule has 0 N–H and O–H groups in total. The van der Waals surface area contributed by atoms with E-state index in [1.54, 1.807) is 41.5 Å². The molecule has 0 saturated heterocycles. The van der Waals surface area contributed by atoms with Crippen LogP contribution in [0, 0.1) is 5.41 Å². The maximum Gasteiger partial charge on any atom is 0.511 e. The Labute approximate surface area is 144 Å². The SMILES string of the molecule is COC(C)(C)C(C)(C)OC(=O)OCOC(=O)OC(C)(C)C(C)(C)C. The first-order valence-corrected chi connectivity index (χ1v) is 7.82. The van der Waals surface area contributed by atoms with E-state index in [-0.39, 0.29) is 5.41 Å². The molecule has 24 heavy (non-hydrogen) atoms. The van der Waals surface area contributed by atoms with Crippen LogP contribution in [-0.2, 0) is 23.7 Å². The van der Waals surface area contributed by atoms with Crippen LogP contribution in [0.5, 0.6) is 0 Å². The minimum Gasteiger partial charge on any atom is -0.428 e. The predicted molar refractivity (Wildman–Crippen MR) is 88.7 cm³/mol. The van der Waals surface area contributed by atoms with Gasteiger partial charge in [0.1, 0.15) is 16.8 Å². The first-order valence-electron chi connectivity index (χ1n) is 7.82. The van der Waals surface area contributed by atoms with Crippen molar-refractivity contribution in [3.05, 3.63) is 0 Å². The molecule has 0 bridgehead atoms. The minimum atomic E-state index is -0.965. The van der Waals surface area contributed by atoms with Crippen LogP contribution in [0.1, 0.15) is 62.3 Å². The van der Waals surface area contributed by atoms with E-state index in [4.69, 9.17) is 23.7 Å². The second kappa shape index (κ2) is 7.59. The lowest BCUT2D eigenvalue weighted by molar-refractivity contribution is -0.153. The third-order valence-electron chi connectivity index (χ3n) is 4.80. The Morgan fingerprint density at radius 1 is 0.667 bits per heavy atom. The third-order valence-corrected chi connectivity index (χ3v) is 4.80. The summed E-state index contributed by atoms with van der Waals surface area (Å²) in [5.41, 5.74) is -2.67. The van der Waals surface area contributed by atoms with Gasteiger partial charge in [-0.05, 0) is 41.5 Å². The second-order valence-corrected chi connectivity index (χ2v) is 8.10. The van der Waals surface area contributed by atoms with Crippen molar-refractivity contribution in [2.24, 2.45) is 5.41 Å². The van der Waals surface area contributed by atoms with Crippen molar-refractivity contribution in [2.45, 2.75) is 79.1 Å². The van der Waals surface area contributed by atoms with Gasteiger partial charge < -0.3 is 23.7 Å². The van der Waals surface area contributed by atoms with Gasteiger partial charge in [-0.1, -0.05) is 20.8 Å². The standard InChI is InChI=1S/C17H32O7/c1-14(2,3)15(4,5)23-12(18)21-11-22-13(19)24-17(8,9)16(6,7)20-10/h11H2,1-10H3. The smallest absolute Gasteiger partial charge is 0.428 e. The largest absolute Gasteiger partial charge is 0.511 e. The van der Waals surface area contributed by atoms with Crippen molar-refractivity contribution in [3.8, 4) is 0 Å². The lowest BCUT2D eigenvalue weighted by Gasteiger charge is -2.38. The Hall–Kier alpha value is -1.50. The fraction of sp³-hybridized carbons (Fsp3) is 0.882. The molecular formula is C17H32O7. The van der Waals surface area contributed by atoms with Gasteiger partial charge in [-0.3, -0.25) is 0 Å². The summed E-state index contributed by atoms with van der Waals surface area (Å²) in [5.74, 6) is 0. The van der Waals surface area contributed by atoms with Gasteiger partial charge in [0, 0.05) is 12.5 Å². The number of ether oxygens (including phenoxy) is 5. The quantitative estimate of drug-likeness (QED) is 0.523. The molecule has 0 aromatic heterocycles. The Balaban J connectivity index is 4.39. The highest BCUT2D eigenvalue weighted by Crippen LogP contribution is 2.33. The van der Waals surface area contributed by atoms with Crippen LogP contribution in [0.25, 0.3) is 0 Å². The van der Waals surface area contributed by atoms with Crippen LogP contribution < -0.4 is 0 Å². The zero-order chi connectivity index (χ0) is 19.4. The normalized spacial score (nSPS) is 13.2. The van der Waals surface area contributed by atoms with Crippen LogP contribution in [-0.4, -0.2) is 43.0 Å². The van der Waals surface area contributed by atoms with Gasteiger partial charge in [0.05, 0.1) is 0 Å². The first kappa shape index (κ1) is 22.5. The van der Waals surface area contributed by atoms with E-state index >= 15 is 0 Å². The number of carbonyl (C=O) groups is 2. The summed E-state index contributed by atoms with van der Waals surface area (Å²) in [6.07, 6.45) is -1.88. The molecule has 0 spiro atoms. The van der Waals surface area contributed by atoms with Crippen molar-refractivity contribution in [2.75, 3.05) is 13.9 Å². The molecule has 0 unspecified atom stereocenters. The second-order valence-electron chi connectivity index (χ2n) is 8.10. The Morgan fingerprint density at radius 2 is 1.04 bits per heavy atom. The number of hydrogen-bond acceptors (Lipinski definition) is 7. The van der Waals surface area contributed by atoms with Gasteiger partial charge in [-0.15, -0.1) is 0 Å². The number of carbonyl (C=O) groups excluding carboxylic acids is 2. The van der Waals surface area contributed by atoms with E-state index in [0.717, 1.165) is 0 Å². The highest BCUT2D eigenvalue weighted by molar-refractivity contribution is 5.62. The minimum absolute atomic E-state index is 0.276. The van der Waals surface area contributed by atoms with E-state index in [2.05, 4.69) is 0 Å². The van der Waals surface area contributed by atoms with Crippen LogP contribution in [0.4, 0.5) is 9.59 Å². The number of methoxy groups -OCH3 is 1.